The van der Waals surface area contributed by atoms with E-state index in [2.05, 4.69) is 25.9 Å². The van der Waals surface area contributed by atoms with Gasteiger partial charge in [0.05, 0.1) is 5.75 Å². The summed E-state index contributed by atoms with van der Waals surface area (Å²) < 4.78 is 4.19. The molecule has 0 bridgehead atoms. The lowest BCUT2D eigenvalue weighted by Crippen LogP contribution is -2.07. The van der Waals surface area contributed by atoms with Gasteiger partial charge in [0.2, 0.25) is 0 Å². The Morgan fingerprint density at radius 3 is 2.95 bits per heavy atom. The van der Waals surface area contributed by atoms with Crippen LogP contribution in [0.3, 0.4) is 0 Å². The van der Waals surface area contributed by atoms with Crippen molar-refractivity contribution in [3.8, 4) is 0 Å². The van der Waals surface area contributed by atoms with Crippen molar-refractivity contribution < 1.29 is 4.79 Å². The maximum absolute atomic E-state index is 12.5. The van der Waals surface area contributed by atoms with Gasteiger partial charge in [0, 0.05) is 29.5 Å². The molecule has 2 aromatic rings. The van der Waals surface area contributed by atoms with Crippen molar-refractivity contribution in [2.75, 3.05) is 5.75 Å². The minimum absolute atomic E-state index is 0.138. The minimum Gasteiger partial charge on any atom is -0.345 e. The molecule has 6 heteroatoms. The van der Waals surface area contributed by atoms with Crippen LogP contribution in [-0.2, 0) is 6.54 Å². The van der Waals surface area contributed by atoms with E-state index in [4.69, 9.17) is 0 Å². The number of Topliss-reactive ketones (excluding diaryl/α,β-unsaturated/α-hetero) is 1. The van der Waals surface area contributed by atoms with Crippen LogP contribution in [0.1, 0.15) is 40.6 Å². The second kappa shape index (κ2) is 6.12. The lowest BCUT2D eigenvalue weighted by atomic mass is 10.2. The van der Waals surface area contributed by atoms with E-state index >= 15 is 0 Å². The van der Waals surface area contributed by atoms with Crippen LogP contribution < -0.4 is 0 Å². The number of thioether (sulfide) groups is 1. The molecule has 0 amide bonds. The first-order chi connectivity index (χ1) is 10.6. The number of ketones is 1. The minimum atomic E-state index is 0.138. The molecular formula is C16H20N4OS. The number of nitrogens with zero attached hydrogens (tertiary/aromatic N) is 4. The largest absolute Gasteiger partial charge is 0.345 e. The number of hydrogen-bond donors (Lipinski definition) is 0. The molecule has 0 aliphatic heterocycles. The smallest absolute Gasteiger partial charge is 0.191 e. The molecule has 1 fully saturated rings. The summed E-state index contributed by atoms with van der Waals surface area (Å²) in [5.74, 6) is 0.530. The van der Waals surface area contributed by atoms with Gasteiger partial charge in [0.1, 0.15) is 6.33 Å². The molecule has 2 aromatic heterocycles. The highest BCUT2D eigenvalue weighted by molar-refractivity contribution is 7.99. The van der Waals surface area contributed by atoms with Crippen LogP contribution in [0.5, 0.6) is 0 Å². The first-order valence-electron chi connectivity index (χ1n) is 7.45. The molecular weight excluding hydrogens is 296 g/mol. The van der Waals surface area contributed by atoms with Crippen LogP contribution in [0.15, 0.2) is 30.2 Å². The normalized spacial score (nSPS) is 14.3. The topological polar surface area (TPSA) is 52.7 Å². The molecule has 22 heavy (non-hydrogen) atoms. The van der Waals surface area contributed by atoms with E-state index in [1.165, 1.54) is 24.6 Å². The fourth-order valence-corrected chi connectivity index (χ4v) is 3.51. The first kappa shape index (κ1) is 15.1. The Morgan fingerprint density at radius 1 is 1.50 bits per heavy atom. The molecule has 116 valence electrons. The Balaban J connectivity index is 1.70. The Morgan fingerprint density at radius 2 is 2.27 bits per heavy atom. The fourth-order valence-electron chi connectivity index (χ4n) is 2.64. The monoisotopic (exact) mass is 316 g/mol. The van der Waals surface area contributed by atoms with E-state index in [1.807, 2.05) is 26.0 Å². The van der Waals surface area contributed by atoms with Gasteiger partial charge in [0.15, 0.2) is 10.9 Å². The maximum atomic E-state index is 12.5. The van der Waals surface area contributed by atoms with E-state index in [0.717, 1.165) is 28.7 Å². The van der Waals surface area contributed by atoms with E-state index in [0.29, 0.717) is 11.8 Å². The van der Waals surface area contributed by atoms with Gasteiger partial charge in [-0.2, -0.15) is 0 Å². The third-order valence-electron chi connectivity index (χ3n) is 4.00. The Labute approximate surface area is 134 Å². The summed E-state index contributed by atoms with van der Waals surface area (Å²) in [6.07, 6.45) is 5.98. The van der Waals surface area contributed by atoms with Gasteiger partial charge in [-0.1, -0.05) is 17.8 Å². The molecule has 0 spiro atoms. The molecule has 1 aliphatic carbocycles. The Bertz CT molecular complexity index is 712. The average molecular weight is 316 g/mol. The van der Waals surface area contributed by atoms with Gasteiger partial charge in [0.25, 0.3) is 0 Å². The zero-order valence-corrected chi connectivity index (χ0v) is 13.8. The number of aromatic nitrogens is 4. The third-order valence-corrected chi connectivity index (χ3v) is 4.96. The molecule has 1 aliphatic rings. The predicted molar refractivity (Wildman–Crippen MR) is 87.5 cm³/mol. The number of aryl methyl sites for hydroxylation is 1. The van der Waals surface area contributed by atoms with Gasteiger partial charge < -0.3 is 9.13 Å². The van der Waals surface area contributed by atoms with Crippen LogP contribution in [0.25, 0.3) is 0 Å². The maximum Gasteiger partial charge on any atom is 0.191 e. The van der Waals surface area contributed by atoms with Crippen molar-refractivity contribution >= 4 is 17.5 Å². The summed E-state index contributed by atoms with van der Waals surface area (Å²) in [6.45, 7) is 8.50. The SMILES string of the molecule is C=CCn1c(C)cc(C(=O)CSc2nncn2C2CC2)c1C. The Kier molecular flexibility index (Phi) is 4.20. The zero-order valence-electron chi connectivity index (χ0n) is 13.0. The molecule has 0 atom stereocenters. The molecule has 1 saturated carbocycles. The van der Waals surface area contributed by atoms with Crippen molar-refractivity contribution in [1.82, 2.24) is 19.3 Å². The lowest BCUT2D eigenvalue weighted by Gasteiger charge is -2.06. The van der Waals surface area contributed by atoms with E-state index in [1.54, 1.807) is 6.33 Å². The van der Waals surface area contributed by atoms with Crippen molar-refractivity contribution in [2.24, 2.45) is 0 Å². The highest BCUT2D eigenvalue weighted by Gasteiger charge is 2.26. The van der Waals surface area contributed by atoms with Crippen molar-refractivity contribution in [3.05, 3.63) is 42.0 Å². The van der Waals surface area contributed by atoms with Crippen molar-refractivity contribution in [1.29, 1.82) is 0 Å². The highest BCUT2D eigenvalue weighted by Crippen LogP contribution is 2.37. The summed E-state index contributed by atoms with van der Waals surface area (Å²) in [4.78, 5) is 12.5. The highest BCUT2D eigenvalue weighted by atomic mass is 32.2. The van der Waals surface area contributed by atoms with Gasteiger partial charge in [-0.3, -0.25) is 4.79 Å². The van der Waals surface area contributed by atoms with E-state index in [-0.39, 0.29) is 5.78 Å². The Hall–Kier alpha value is -1.82. The number of carbonyl (C=O) groups excluding carboxylic acids is 1. The quantitative estimate of drug-likeness (QED) is 0.447. The molecule has 5 nitrogen and oxygen atoms in total. The van der Waals surface area contributed by atoms with Crippen LogP contribution in [0.4, 0.5) is 0 Å². The summed E-state index contributed by atoms with van der Waals surface area (Å²) in [5, 5.41) is 8.93. The lowest BCUT2D eigenvalue weighted by molar-refractivity contribution is 0.102. The van der Waals surface area contributed by atoms with E-state index in [9.17, 15) is 4.79 Å². The van der Waals surface area contributed by atoms with Crippen LogP contribution in [-0.4, -0.2) is 30.9 Å². The second-order valence-electron chi connectivity index (χ2n) is 5.65. The third kappa shape index (κ3) is 2.88. The van der Waals surface area contributed by atoms with Crippen molar-refractivity contribution in [3.63, 3.8) is 0 Å². The zero-order chi connectivity index (χ0) is 15.7. The van der Waals surface area contributed by atoms with Gasteiger partial charge >= 0.3 is 0 Å². The van der Waals surface area contributed by atoms with Crippen LogP contribution in [0.2, 0.25) is 0 Å². The summed E-state index contributed by atoms with van der Waals surface area (Å²) in [5.41, 5.74) is 2.89. The van der Waals surface area contributed by atoms with Gasteiger partial charge in [-0.25, -0.2) is 0 Å². The molecule has 0 radical (unpaired) electrons. The summed E-state index contributed by atoms with van der Waals surface area (Å²) in [7, 11) is 0. The van der Waals surface area contributed by atoms with Crippen LogP contribution >= 0.6 is 11.8 Å². The molecule has 2 heterocycles. The summed E-state index contributed by atoms with van der Waals surface area (Å²) in [6, 6.07) is 2.50. The number of rotatable bonds is 7. The van der Waals surface area contributed by atoms with Gasteiger partial charge in [-0.15, -0.1) is 16.8 Å². The standard InChI is InChI=1S/C16H20N4OS/c1-4-7-19-11(2)8-14(12(19)3)15(21)9-22-16-18-17-10-20(16)13-5-6-13/h4,8,10,13H,1,5-7,9H2,2-3H3. The predicted octanol–water partition coefficient (Wildman–Crippen LogP) is 3.19. The van der Waals surface area contributed by atoms with Crippen molar-refractivity contribution in [2.45, 2.75) is 44.4 Å². The fraction of sp³-hybridized carbons (Fsp3) is 0.438. The first-order valence-corrected chi connectivity index (χ1v) is 8.43. The average Bonchev–Trinajstić information content (AvgIpc) is 3.18. The van der Waals surface area contributed by atoms with E-state index < -0.39 is 0 Å². The molecule has 0 unspecified atom stereocenters. The number of carbonyl (C=O) groups is 1. The molecule has 0 aromatic carbocycles. The number of allylic oxidation sites excluding steroid dienone is 1. The summed E-state index contributed by atoms with van der Waals surface area (Å²) >= 11 is 1.47. The van der Waals surface area contributed by atoms with Gasteiger partial charge in [-0.05, 0) is 32.8 Å². The number of hydrogen-bond acceptors (Lipinski definition) is 4. The van der Waals surface area contributed by atoms with Crippen LogP contribution in [0, 0.1) is 13.8 Å². The molecule has 3 rings (SSSR count). The molecule has 0 saturated heterocycles. The molecule has 0 N–H and O–H groups in total. The second-order valence-corrected chi connectivity index (χ2v) is 6.59.